The number of hydrogen-bond donors (Lipinski definition) is 0. The van der Waals surface area contributed by atoms with E-state index in [9.17, 15) is 9.18 Å². The van der Waals surface area contributed by atoms with Crippen LogP contribution in [0, 0.1) is 5.82 Å². The zero-order valence-electron chi connectivity index (χ0n) is 10.1. The van der Waals surface area contributed by atoms with Crippen LogP contribution in [0.4, 0.5) is 10.1 Å². The van der Waals surface area contributed by atoms with Gasteiger partial charge in [-0.25, -0.2) is 4.39 Å². The number of halogens is 2. The van der Waals surface area contributed by atoms with E-state index in [4.69, 9.17) is 0 Å². The van der Waals surface area contributed by atoms with Gasteiger partial charge in [0.2, 0.25) is 5.91 Å². The van der Waals surface area contributed by atoms with Crippen LogP contribution < -0.4 is 4.90 Å². The van der Waals surface area contributed by atoms with Gasteiger partial charge in [-0.05, 0) is 24.3 Å². The molecule has 0 aliphatic carbocycles. The normalized spacial score (nSPS) is 15.9. The Bertz CT molecular complexity index is 402. The summed E-state index contributed by atoms with van der Waals surface area (Å²) in [6.07, 6.45) is 0.552. The Kier molecular flexibility index (Phi) is 4.58. The third kappa shape index (κ3) is 3.22. The van der Waals surface area contributed by atoms with E-state index in [1.165, 1.54) is 12.1 Å². The molecule has 0 N–H and O–H groups in total. The van der Waals surface area contributed by atoms with E-state index in [0.29, 0.717) is 11.8 Å². The molecule has 98 valence electrons. The summed E-state index contributed by atoms with van der Waals surface area (Å²) in [7, 11) is 0. The van der Waals surface area contributed by atoms with Gasteiger partial charge in [-0.3, -0.25) is 4.79 Å². The van der Waals surface area contributed by atoms with Gasteiger partial charge in [0.1, 0.15) is 5.82 Å². The molecule has 1 heterocycles. The highest BCUT2D eigenvalue weighted by Crippen LogP contribution is 2.17. The Labute approximate surface area is 115 Å². The number of alkyl halides is 1. The lowest BCUT2D eigenvalue weighted by Crippen LogP contribution is -2.48. The first-order chi connectivity index (χ1) is 8.70. The molecule has 1 aromatic rings. The molecule has 1 aliphatic heterocycles. The van der Waals surface area contributed by atoms with Gasteiger partial charge in [-0.2, -0.15) is 0 Å². The molecule has 0 spiro atoms. The smallest absolute Gasteiger partial charge is 0.223 e. The van der Waals surface area contributed by atoms with E-state index in [2.05, 4.69) is 20.8 Å². The zero-order valence-corrected chi connectivity index (χ0v) is 11.7. The van der Waals surface area contributed by atoms with Crippen molar-refractivity contribution in [2.24, 2.45) is 0 Å². The van der Waals surface area contributed by atoms with Crippen LogP contribution in [0.1, 0.15) is 6.42 Å². The molecule has 0 unspecified atom stereocenters. The molecule has 2 rings (SSSR count). The number of piperazine rings is 1. The fourth-order valence-corrected chi connectivity index (χ4v) is 2.44. The highest BCUT2D eigenvalue weighted by Gasteiger charge is 2.20. The lowest BCUT2D eigenvalue weighted by molar-refractivity contribution is -0.131. The molecule has 5 heteroatoms. The van der Waals surface area contributed by atoms with E-state index in [0.717, 1.165) is 31.9 Å². The second-order valence-electron chi connectivity index (χ2n) is 4.28. The van der Waals surface area contributed by atoms with Gasteiger partial charge < -0.3 is 9.80 Å². The van der Waals surface area contributed by atoms with E-state index >= 15 is 0 Å². The van der Waals surface area contributed by atoms with Crippen molar-refractivity contribution in [3.8, 4) is 0 Å². The maximum absolute atomic E-state index is 12.8. The Morgan fingerprint density at radius 1 is 1.17 bits per heavy atom. The van der Waals surface area contributed by atoms with Crippen LogP contribution in [0.2, 0.25) is 0 Å². The van der Waals surface area contributed by atoms with Crippen molar-refractivity contribution in [1.82, 2.24) is 4.90 Å². The fourth-order valence-electron chi connectivity index (χ4n) is 2.10. The van der Waals surface area contributed by atoms with Gasteiger partial charge in [0, 0.05) is 43.6 Å². The summed E-state index contributed by atoms with van der Waals surface area (Å²) in [5.41, 5.74) is 1.02. The monoisotopic (exact) mass is 314 g/mol. The molecule has 1 amide bonds. The number of nitrogens with zero attached hydrogens (tertiary/aromatic N) is 2. The lowest BCUT2D eigenvalue weighted by Gasteiger charge is -2.36. The second kappa shape index (κ2) is 6.18. The van der Waals surface area contributed by atoms with E-state index in [1.807, 2.05) is 4.90 Å². The molecule has 0 atom stereocenters. The van der Waals surface area contributed by atoms with Crippen LogP contribution in [0.3, 0.4) is 0 Å². The summed E-state index contributed by atoms with van der Waals surface area (Å²) in [4.78, 5) is 15.8. The Morgan fingerprint density at radius 3 is 2.33 bits per heavy atom. The SMILES string of the molecule is O=C(CCBr)N1CCN(c2ccc(F)cc2)CC1. The van der Waals surface area contributed by atoms with Crippen LogP contribution >= 0.6 is 15.9 Å². The molecular formula is C13H16BrFN2O. The van der Waals surface area contributed by atoms with Crippen molar-refractivity contribution in [2.75, 3.05) is 36.4 Å². The van der Waals surface area contributed by atoms with Gasteiger partial charge >= 0.3 is 0 Å². The molecule has 1 aromatic carbocycles. The van der Waals surface area contributed by atoms with E-state index in [-0.39, 0.29) is 11.7 Å². The molecule has 1 aliphatic rings. The number of carbonyl (C=O) groups is 1. The van der Waals surface area contributed by atoms with E-state index < -0.39 is 0 Å². The van der Waals surface area contributed by atoms with Crippen molar-refractivity contribution in [1.29, 1.82) is 0 Å². The molecule has 0 bridgehead atoms. The highest BCUT2D eigenvalue weighted by atomic mass is 79.9. The topological polar surface area (TPSA) is 23.6 Å². The highest BCUT2D eigenvalue weighted by molar-refractivity contribution is 9.09. The molecule has 1 saturated heterocycles. The lowest BCUT2D eigenvalue weighted by atomic mass is 10.2. The van der Waals surface area contributed by atoms with E-state index in [1.54, 1.807) is 12.1 Å². The molecule has 1 fully saturated rings. The average molecular weight is 315 g/mol. The molecule has 18 heavy (non-hydrogen) atoms. The number of carbonyl (C=O) groups excluding carboxylic acids is 1. The number of benzene rings is 1. The molecule has 0 aromatic heterocycles. The van der Waals surface area contributed by atoms with Crippen molar-refractivity contribution in [2.45, 2.75) is 6.42 Å². The summed E-state index contributed by atoms with van der Waals surface area (Å²) in [6.45, 7) is 3.09. The minimum absolute atomic E-state index is 0.200. The molecule has 3 nitrogen and oxygen atoms in total. The van der Waals surface area contributed by atoms with Gasteiger partial charge in [-0.1, -0.05) is 15.9 Å². The zero-order chi connectivity index (χ0) is 13.0. The quantitative estimate of drug-likeness (QED) is 0.799. The van der Waals surface area contributed by atoms with Crippen molar-refractivity contribution >= 4 is 27.5 Å². The van der Waals surface area contributed by atoms with Crippen molar-refractivity contribution in [3.63, 3.8) is 0 Å². The fraction of sp³-hybridized carbons (Fsp3) is 0.462. The third-order valence-corrected chi connectivity index (χ3v) is 3.53. The predicted molar refractivity (Wildman–Crippen MR) is 73.6 cm³/mol. The Balaban J connectivity index is 1.90. The predicted octanol–water partition coefficient (Wildman–Crippen LogP) is 2.26. The maximum atomic E-state index is 12.8. The molecule has 0 radical (unpaired) electrons. The van der Waals surface area contributed by atoms with Gasteiger partial charge in [0.05, 0.1) is 0 Å². The number of rotatable bonds is 3. The van der Waals surface area contributed by atoms with Crippen LogP contribution in [-0.4, -0.2) is 42.3 Å². The molecular weight excluding hydrogens is 299 g/mol. The first-order valence-electron chi connectivity index (χ1n) is 6.05. The van der Waals surface area contributed by atoms with Crippen molar-refractivity contribution in [3.05, 3.63) is 30.1 Å². The first-order valence-corrected chi connectivity index (χ1v) is 7.17. The van der Waals surface area contributed by atoms with Crippen LogP contribution in [0.5, 0.6) is 0 Å². The standard InChI is InChI=1S/C13H16BrFN2O/c14-6-5-13(18)17-9-7-16(8-10-17)12-3-1-11(15)2-4-12/h1-4H,5-10H2. The van der Waals surface area contributed by atoms with Gasteiger partial charge in [0.25, 0.3) is 0 Å². The summed E-state index contributed by atoms with van der Waals surface area (Å²) >= 11 is 3.28. The second-order valence-corrected chi connectivity index (χ2v) is 5.08. The number of hydrogen-bond acceptors (Lipinski definition) is 2. The van der Waals surface area contributed by atoms with Crippen LogP contribution in [0.25, 0.3) is 0 Å². The number of amides is 1. The maximum Gasteiger partial charge on any atom is 0.223 e. The van der Waals surface area contributed by atoms with Gasteiger partial charge in [0.15, 0.2) is 0 Å². The summed E-state index contributed by atoms with van der Waals surface area (Å²) < 4.78 is 12.8. The summed E-state index contributed by atoms with van der Waals surface area (Å²) in [5, 5.41) is 0.712. The number of anilines is 1. The summed E-state index contributed by atoms with van der Waals surface area (Å²) in [6, 6.07) is 6.51. The van der Waals surface area contributed by atoms with Crippen molar-refractivity contribution < 1.29 is 9.18 Å². The third-order valence-electron chi connectivity index (χ3n) is 3.13. The average Bonchev–Trinajstić information content (AvgIpc) is 2.40. The largest absolute Gasteiger partial charge is 0.368 e. The van der Waals surface area contributed by atoms with Crippen LogP contribution in [-0.2, 0) is 4.79 Å². The molecule has 0 saturated carbocycles. The first kappa shape index (κ1) is 13.3. The minimum Gasteiger partial charge on any atom is -0.368 e. The Hall–Kier alpha value is -1.10. The minimum atomic E-state index is -0.218. The van der Waals surface area contributed by atoms with Gasteiger partial charge in [-0.15, -0.1) is 0 Å². The summed E-state index contributed by atoms with van der Waals surface area (Å²) in [5.74, 6) is -0.0180. The van der Waals surface area contributed by atoms with Crippen LogP contribution in [0.15, 0.2) is 24.3 Å². The Morgan fingerprint density at radius 2 is 1.78 bits per heavy atom.